The van der Waals surface area contributed by atoms with Gasteiger partial charge in [-0.25, -0.2) is 4.79 Å². The molecule has 0 bridgehead atoms. The first-order chi connectivity index (χ1) is 9.15. The minimum absolute atomic E-state index is 0.118. The summed E-state index contributed by atoms with van der Waals surface area (Å²) in [7, 11) is 0. The molecule has 6 heteroatoms. The van der Waals surface area contributed by atoms with E-state index in [2.05, 4.69) is 15.9 Å². The standard InChI is InChI=1S/C13H12BrNO3S/c14-11-5-6-19-12(11)7-18-13(16)8-17-10-3-1-9(15)2-4-10/h1-6H,7-8,15H2. The highest BCUT2D eigenvalue weighted by Crippen LogP contribution is 2.23. The smallest absolute Gasteiger partial charge is 0.344 e. The zero-order chi connectivity index (χ0) is 13.7. The molecule has 4 nitrogen and oxygen atoms in total. The van der Waals surface area contributed by atoms with Gasteiger partial charge >= 0.3 is 5.97 Å². The zero-order valence-electron chi connectivity index (χ0n) is 9.97. The molecule has 0 aliphatic carbocycles. The largest absolute Gasteiger partial charge is 0.482 e. The van der Waals surface area contributed by atoms with E-state index in [4.69, 9.17) is 15.2 Å². The molecule has 0 atom stereocenters. The average Bonchev–Trinajstić information content (AvgIpc) is 2.81. The Morgan fingerprint density at radius 1 is 1.26 bits per heavy atom. The van der Waals surface area contributed by atoms with Crippen LogP contribution < -0.4 is 10.5 Å². The number of nitrogen functional groups attached to an aromatic ring is 1. The average molecular weight is 342 g/mol. The molecule has 2 aromatic rings. The molecular formula is C13H12BrNO3S. The summed E-state index contributed by atoms with van der Waals surface area (Å²) in [6, 6.07) is 8.75. The zero-order valence-corrected chi connectivity index (χ0v) is 12.4. The first-order valence-electron chi connectivity index (χ1n) is 5.51. The Hall–Kier alpha value is -1.53. The van der Waals surface area contributed by atoms with Crippen LogP contribution in [-0.4, -0.2) is 12.6 Å². The van der Waals surface area contributed by atoms with Crippen LogP contribution in [0.5, 0.6) is 5.75 Å². The molecule has 0 spiro atoms. The Labute approximate surface area is 123 Å². The molecule has 0 saturated carbocycles. The van der Waals surface area contributed by atoms with Crippen molar-refractivity contribution in [3.05, 3.63) is 45.1 Å². The van der Waals surface area contributed by atoms with Gasteiger partial charge in [0.25, 0.3) is 0 Å². The summed E-state index contributed by atoms with van der Waals surface area (Å²) < 4.78 is 11.3. The van der Waals surface area contributed by atoms with Gasteiger partial charge in [0.05, 0.1) is 4.88 Å². The Bertz CT molecular complexity index is 553. The predicted octanol–water partition coefficient (Wildman–Crippen LogP) is 3.22. The van der Waals surface area contributed by atoms with Gasteiger partial charge in [-0.3, -0.25) is 0 Å². The van der Waals surface area contributed by atoms with Gasteiger partial charge in [0.15, 0.2) is 6.61 Å². The number of halogens is 1. The van der Waals surface area contributed by atoms with E-state index in [1.54, 1.807) is 24.3 Å². The molecule has 0 aliphatic heterocycles. The number of rotatable bonds is 5. The van der Waals surface area contributed by atoms with Crippen LogP contribution in [0.4, 0.5) is 5.69 Å². The second-order valence-electron chi connectivity index (χ2n) is 3.71. The minimum Gasteiger partial charge on any atom is -0.482 e. The van der Waals surface area contributed by atoms with Crippen molar-refractivity contribution < 1.29 is 14.3 Å². The number of benzene rings is 1. The van der Waals surface area contributed by atoms with E-state index < -0.39 is 5.97 Å². The van der Waals surface area contributed by atoms with Crippen molar-refractivity contribution in [1.82, 2.24) is 0 Å². The summed E-state index contributed by atoms with van der Waals surface area (Å²) in [5, 5.41) is 1.93. The monoisotopic (exact) mass is 341 g/mol. The molecule has 0 unspecified atom stereocenters. The normalized spacial score (nSPS) is 10.2. The number of carbonyl (C=O) groups is 1. The van der Waals surface area contributed by atoms with Crippen LogP contribution in [-0.2, 0) is 16.1 Å². The summed E-state index contributed by atoms with van der Waals surface area (Å²) in [5.74, 6) is 0.181. The number of esters is 1. The van der Waals surface area contributed by atoms with Gasteiger partial charge in [-0.05, 0) is 51.6 Å². The van der Waals surface area contributed by atoms with Crippen LogP contribution in [0.2, 0.25) is 0 Å². The predicted molar refractivity (Wildman–Crippen MR) is 78.2 cm³/mol. The van der Waals surface area contributed by atoms with Gasteiger partial charge in [-0.15, -0.1) is 11.3 Å². The highest BCUT2D eigenvalue weighted by molar-refractivity contribution is 9.10. The van der Waals surface area contributed by atoms with E-state index in [9.17, 15) is 4.79 Å². The van der Waals surface area contributed by atoms with Crippen molar-refractivity contribution in [1.29, 1.82) is 0 Å². The molecule has 0 fully saturated rings. The number of anilines is 1. The van der Waals surface area contributed by atoms with Gasteiger partial charge in [0, 0.05) is 10.2 Å². The number of ether oxygens (including phenoxy) is 2. The SMILES string of the molecule is Nc1ccc(OCC(=O)OCc2sccc2Br)cc1. The van der Waals surface area contributed by atoms with E-state index in [0.29, 0.717) is 11.4 Å². The molecule has 0 radical (unpaired) electrons. The number of carbonyl (C=O) groups excluding carboxylic acids is 1. The quantitative estimate of drug-likeness (QED) is 0.670. The van der Waals surface area contributed by atoms with Gasteiger partial charge in [0.1, 0.15) is 12.4 Å². The third-order valence-corrected chi connectivity index (χ3v) is 4.19. The maximum Gasteiger partial charge on any atom is 0.344 e. The van der Waals surface area contributed by atoms with Crippen molar-refractivity contribution in [3.8, 4) is 5.75 Å². The molecule has 2 rings (SSSR count). The Balaban J connectivity index is 1.76. The summed E-state index contributed by atoms with van der Waals surface area (Å²) in [4.78, 5) is 12.5. The van der Waals surface area contributed by atoms with E-state index >= 15 is 0 Å². The summed E-state index contributed by atoms with van der Waals surface area (Å²) in [6.45, 7) is 0.134. The molecule has 19 heavy (non-hydrogen) atoms. The van der Waals surface area contributed by atoms with Gasteiger partial charge in [0.2, 0.25) is 0 Å². The number of hydrogen-bond acceptors (Lipinski definition) is 5. The van der Waals surface area contributed by atoms with Crippen LogP contribution in [0.25, 0.3) is 0 Å². The summed E-state index contributed by atoms with van der Waals surface area (Å²) >= 11 is 4.90. The molecule has 0 aliphatic rings. The maximum absolute atomic E-state index is 11.5. The molecule has 0 saturated heterocycles. The Morgan fingerprint density at radius 2 is 2.00 bits per heavy atom. The van der Waals surface area contributed by atoms with Crippen LogP contribution in [0.15, 0.2) is 40.2 Å². The molecular weight excluding hydrogens is 330 g/mol. The second kappa shape index (κ2) is 6.58. The van der Waals surface area contributed by atoms with Crippen LogP contribution in [0.3, 0.4) is 0 Å². The van der Waals surface area contributed by atoms with Crippen molar-refractivity contribution in [2.45, 2.75) is 6.61 Å². The van der Waals surface area contributed by atoms with E-state index in [-0.39, 0.29) is 13.2 Å². The third kappa shape index (κ3) is 4.25. The van der Waals surface area contributed by atoms with Gasteiger partial charge in [-0.1, -0.05) is 0 Å². The first-order valence-corrected chi connectivity index (χ1v) is 7.18. The van der Waals surface area contributed by atoms with Crippen LogP contribution in [0.1, 0.15) is 4.88 Å². The van der Waals surface area contributed by atoms with E-state index in [1.165, 1.54) is 11.3 Å². The molecule has 1 aromatic carbocycles. The van der Waals surface area contributed by atoms with Crippen molar-refractivity contribution >= 4 is 38.9 Å². The van der Waals surface area contributed by atoms with Crippen molar-refractivity contribution in [3.63, 3.8) is 0 Å². The first kappa shape index (κ1) is 13.9. The van der Waals surface area contributed by atoms with E-state index in [0.717, 1.165) is 9.35 Å². The third-order valence-electron chi connectivity index (χ3n) is 2.29. The lowest BCUT2D eigenvalue weighted by Gasteiger charge is -2.06. The van der Waals surface area contributed by atoms with E-state index in [1.807, 2.05) is 11.4 Å². The number of thiophene rings is 1. The summed E-state index contributed by atoms with van der Waals surface area (Å²) in [6.07, 6.45) is 0. The Morgan fingerprint density at radius 3 is 2.63 bits per heavy atom. The second-order valence-corrected chi connectivity index (χ2v) is 5.57. The Kier molecular flexibility index (Phi) is 4.81. The highest BCUT2D eigenvalue weighted by atomic mass is 79.9. The molecule has 1 aromatic heterocycles. The number of hydrogen-bond donors (Lipinski definition) is 1. The van der Waals surface area contributed by atoms with Crippen LogP contribution >= 0.6 is 27.3 Å². The van der Waals surface area contributed by atoms with Gasteiger partial charge < -0.3 is 15.2 Å². The fourth-order valence-corrected chi connectivity index (χ4v) is 2.70. The highest BCUT2D eigenvalue weighted by Gasteiger charge is 2.07. The lowest BCUT2D eigenvalue weighted by molar-refractivity contribution is -0.147. The van der Waals surface area contributed by atoms with Crippen molar-refractivity contribution in [2.24, 2.45) is 0 Å². The fourth-order valence-electron chi connectivity index (χ4n) is 1.32. The van der Waals surface area contributed by atoms with Crippen LogP contribution in [0, 0.1) is 0 Å². The fraction of sp³-hybridized carbons (Fsp3) is 0.154. The topological polar surface area (TPSA) is 61.5 Å². The molecule has 100 valence electrons. The lowest BCUT2D eigenvalue weighted by atomic mass is 10.3. The maximum atomic E-state index is 11.5. The molecule has 0 amide bonds. The summed E-state index contributed by atoms with van der Waals surface area (Å²) in [5.41, 5.74) is 6.20. The lowest BCUT2D eigenvalue weighted by Crippen LogP contribution is -2.14. The molecule has 1 heterocycles. The van der Waals surface area contributed by atoms with Gasteiger partial charge in [-0.2, -0.15) is 0 Å². The van der Waals surface area contributed by atoms with Crippen molar-refractivity contribution in [2.75, 3.05) is 12.3 Å². The minimum atomic E-state index is -0.405. The molecule has 2 N–H and O–H groups in total. The number of nitrogens with two attached hydrogens (primary N) is 1.